The molecular weight excluding hydrogens is 218 g/mol. The Morgan fingerprint density at radius 3 is 2.65 bits per heavy atom. The van der Waals surface area contributed by atoms with Crippen LogP contribution >= 0.6 is 0 Å². The quantitative estimate of drug-likeness (QED) is 0.716. The maximum absolute atomic E-state index is 11.9. The fraction of sp³-hybridized carbons (Fsp3) is 0.833. The van der Waals surface area contributed by atoms with Crippen LogP contribution in [0.3, 0.4) is 0 Å². The van der Waals surface area contributed by atoms with Crippen LogP contribution in [0.1, 0.15) is 33.6 Å². The molecule has 1 aliphatic heterocycles. The van der Waals surface area contributed by atoms with Crippen molar-refractivity contribution in [2.45, 2.75) is 39.2 Å². The van der Waals surface area contributed by atoms with Gasteiger partial charge in [0, 0.05) is 19.5 Å². The molecule has 1 unspecified atom stereocenters. The molecule has 3 N–H and O–H groups in total. The lowest BCUT2D eigenvalue weighted by atomic mass is 9.88. The molecule has 1 aliphatic rings. The second kappa shape index (κ2) is 5.49. The number of hydrogen-bond acceptors (Lipinski definition) is 3. The first kappa shape index (κ1) is 14.0. The van der Waals surface area contributed by atoms with Gasteiger partial charge in [-0.3, -0.25) is 9.59 Å². The summed E-state index contributed by atoms with van der Waals surface area (Å²) < 4.78 is 0. The Kier molecular flexibility index (Phi) is 4.51. The van der Waals surface area contributed by atoms with Gasteiger partial charge in [-0.2, -0.15) is 0 Å². The third-order valence-corrected chi connectivity index (χ3v) is 3.63. The van der Waals surface area contributed by atoms with Crippen molar-refractivity contribution in [2.75, 3.05) is 19.6 Å². The van der Waals surface area contributed by atoms with Gasteiger partial charge in [-0.15, -0.1) is 0 Å². The summed E-state index contributed by atoms with van der Waals surface area (Å²) in [5, 5.41) is 2.93. The summed E-state index contributed by atoms with van der Waals surface area (Å²) in [6, 6.07) is 0. The first-order valence-electron chi connectivity index (χ1n) is 6.18. The average Bonchev–Trinajstić information content (AvgIpc) is 2.63. The van der Waals surface area contributed by atoms with Crippen LogP contribution in [0.25, 0.3) is 0 Å². The molecular formula is C12H23N3O2. The number of amides is 2. The molecule has 5 heteroatoms. The van der Waals surface area contributed by atoms with Crippen LogP contribution < -0.4 is 11.1 Å². The van der Waals surface area contributed by atoms with Gasteiger partial charge in [-0.1, -0.05) is 13.8 Å². The number of rotatable bonds is 5. The highest BCUT2D eigenvalue weighted by Crippen LogP contribution is 2.15. The van der Waals surface area contributed by atoms with Crippen molar-refractivity contribution in [1.82, 2.24) is 10.2 Å². The minimum absolute atomic E-state index is 0.0687. The molecule has 0 aromatic carbocycles. The van der Waals surface area contributed by atoms with Gasteiger partial charge in [0.1, 0.15) is 0 Å². The Balaban J connectivity index is 2.51. The van der Waals surface area contributed by atoms with Gasteiger partial charge in [0.05, 0.1) is 12.1 Å². The van der Waals surface area contributed by atoms with E-state index in [2.05, 4.69) is 5.32 Å². The van der Waals surface area contributed by atoms with E-state index in [-0.39, 0.29) is 24.3 Å². The SMILES string of the molecule is CC(C)C(C)(CN)NC(=O)CN1CCCC1=O. The zero-order valence-electron chi connectivity index (χ0n) is 11.0. The second-order valence-corrected chi connectivity index (χ2v) is 5.24. The number of carbonyl (C=O) groups excluding carboxylic acids is 2. The van der Waals surface area contributed by atoms with Crippen LogP contribution in [0, 0.1) is 5.92 Å². The first-order chi connectivity index (χ1) is 7.89. The van der Waals surface area contributed by atoms with Crippen molar-refractivity contribution in [1.29, 1.82) is 0 Å². The smallest absolute Gasteiger partial charge is 0.240 e. The Hall–Kier alpha value is -1.10. The van der Waals surface area contributed by atoms with E-state index in [0.29, 0.717) is 19.5 Å². The van der Waals surface area contributed by atoms with Crippen molar-refractivity contribution in [3.8, 4) is 0 Å². The highest BCUT2D eigenvalue weighted by molar-refractivity contribution is 5.86. The predicted molar refractivity (Wildman–Crippen MR) is 66.3 cm³/mol. The number of nitrogens with two attached hydrogens (primary N) is 1. The van der Waals surface area contributed by atoms with E-state index in [1.807, 2.05) is 20.8 Å². The number of hydrogen-bond donors (Lipinski definition) is 2. The van der Waals surface area contributed by atoms with Gasteiger partial charge in [0.2, 0.25) is 11.8 Å². The fourth-order valence-corrected chi connectivity index (χ4v) is 1.83. The molecule has 0 aromatic heterocycles. The van der Waals surface area contributed by atoms with Gasteiger partial charge in [0.25, 0.3) is 0 Å². The van der Waals surface area contributed by atoms with Crippen molar-refractivity contribution in [3.63, 3.8) is 0 Å². The van der Waals surface area contributed by atoms with E-state index < -0.39 is 5.54 Å². The number of nitrogens with one attached hydrogen (secondary N) is 1. The second-order valence-electron chi connectivity index (χ2n) is 5.24. The number of likely N-dealkylation sites (tertiary alicyclic amines) is 1. The Labute approximate surface area is 103 Å². The summed E-state index contributed by atoms with van der Waals surface area (Å²) in [4.78, 5) is 24.9. The minimum atomic E-state index is -0.403. The summed E-state index contributed by atoms with van der Waals surface area (Å²) in [7, 11) is 0. The lowest BCUT2D eigenvalue weighted by Gasteiger charge is -2.34. The molecule has 1 rings (SSSR count). The summed E-state index contributed by atoms with van der Waals surface area (Å²) in [5.74, 6) is 0.201. The normalized spacial score (nSPS) is 19.6. The van der Waals surface area contributed by atoms with Crippen molar-refractivity contribution < 1.29 is 9.59 Å². The number of carbonyl (C=O) groups is 2. The Bertz CT molecular complexity index is 304. The molecule has 0 saturated carbocycles. The van der Waals surface area contributed by atoms with Gasteiger partial charge < -0.3 is 16.0 Å². The summed E-state index contributed by atoms with van der Waals surface area (Å²) >= 11 is 0. The molecule has 0 spiro atoms. The van der Waals surface area contributed by atoms with Crippen molar-refractivity contribution in [2.24, 2.45) is 11.7 Å². The molecule has 1 atom stereocenters. The molecule has 0 aromatic rings. The topological polar surface area (TPSA) is 75.4 Å². The Morgan fingerprint density at radius 2 is 2.24 bits per heavy atom. The standard InChI is InChI=1S/C12H23N3O2/c1-9(2)12(3,8-13)14-10(16)7-15-6-4-5-11(15)17/h9H,4-8,13H2,1-3H3,(H,14,16). The average molecular weight is 241 g/mol. The van der Waals surface area contributed by atoms with Gasteiger partial charge >= 0.3 is 0 Å². The first-order valence-corrected chi connectivity index (χ1v) is 6.18. The van der Waals surface area contributed by atoms with Gasteiger partial charge in [-0.25, -0.2) is 0 Å². The monoisotopic (exact) mass is 241 g/mol. The van der Waals surface area contributed by atoms with Crippen LogP contribution in [0.15, 0.2) is 0 Å². The minimum Gasteiger partial charge on any atom is -0.348 e. The predicted octanol–water partition coefficient (Wildman–Crippen LogP) is 0.0984. The van der Waals surface area contributed by atoms with Gasteiger partial charge in [0.15, 0.2) is 0 Å². The van der Waals surface area contributed by atoms with E-state index in [1.54, 1.807) is 4.90 Å². The highest BCUT2D eigenvalue weighted by atomic mass is 16.2. The van der Waals surface area contributed by atoms with Crippen LogP contribution in [0.2, 0.25) is 0 Å². The molecule has 1 saturated heterocycles. The molecule has 17 heavy (non-hydrogen) atoms. The molecule has 0 aliphatic carbocycles. The van der Waals surface area contributed by atoms with Crippen molar-refractivity contribution >= 4 is 11.8 Å². The molecule has 0 radical (unpaired) electrons. The van der Waals surface area contributed by atoms with Crippen LogP contribution in [-0.4, -0.2) is 41.9 Å². The summed E-state index contributed by atoms with van der Waals surface area (Å²) in [6.45, 7) is 7.21. The van der Waals surface area contributed by atoms with E-state index in [4.69, 9.17) is 5.73 Å². The van der Waals surface area contributed by atoms with Crippen LogP contribution in [0.5, 0.6) is 0 Å². The molecule has 5 nitrogen and oxygen atoms in total. The maximum Gasteiger partial charge on any atom is 0.240 e. The lowest BCUT2D eigenvalue weighted by molar-refractivity contribution is -0.134. The third kappa shape index (κ3) is 3.43. The van der Waals surface area contributed by atoms with Crippen LogP contribution in [0.4, 0.5) is 0 Å². The van der Waals surface area contributed by atoms with Gasteiger partial charge in [-0.05, 0) is 19.3 Å². The summed E-state index contributed by atoms with van der Waals surface area (Å²) in [5.41, 5.74) is 5.29. The third-order valence-electron chi connectivity index (χ3n) is 3.63. The largest absolute Gasteiger partial charge is 0.348 e. The Morgan fingerprint density at radius 1 is 1.59 bits per heavy atom. The molecule has 0 bridgehead atoms. The number of nitrogens with zero attached hydrogens (tertiary/aromatic N) is 1. The lowest BCUT2D eigenvalue weighted by Crippen LogP contribution is -2.57. The zero-order chi connectivity index (χ0) is 13.1. The molecule has 1 heterocycles. The molecule has 1 fully saturated rings. The fourth-order valence-electron chi connectivity index (χ4n) is 1.83. The zero-order valence-corrected chi connectivity index (χ0v) is 11.0. The maximum atomic E-state index is 11.9. The van der Waals surface area contributed by atoms with E-state index in [9.17, 15) is 9.59 Å². The van der Waals surface area contributed by atoms with Crippen LogP contribution in [-0.2, 0) is 9.59 Å². The van der Waals surface area contributed by atoms with E-state index in [0.717, 1.165) is 6.42 Å². The molecule has 98 valence electrons. The highest BCUT2D eigenvalue weighted by Gasteiger charge is 2.30. The van der Waals surface area contributed by atoms with Crippen molar-refractivity contribution in [3.05, 3.63) is 0 Å². The van der Waals surface area contributed by atoms with E-state index >= 15 is 0 Å². The molecule has 2 amide bonds. The van der Waals surface area contributed by atoms with E-state index in [1.165, 1.54) is 0 Å². The summed E-state index contributed by atoms with van der Waals surface area (Å²) in [6.07, 6.45) is 1.41.